The lowest BCUT2D eigenvalue weighted by Crippen LogP contribution is -2.38. The van der Waals surface area contributed by atoms with Crippen LogP contribution in [0.15, 0.2) is 28.7 Å². The first-order valence-corrected chi connectivity index (χ1v) is 6.62. The van der Waals surface area contributed by atoms with Gasteiger partial charge in [0.15, 0.2) is 0 Å². The summed E-state index contributed by atoms with van der Waals surface area (Å²) in [4.78, 5) is 0. The highest BCUT2D eigenvalue weighted by atomic mass is 79.9. The van der Waals surface area contributed by atoms with Gasteiger partial charge in [-0.15, -0.1) is 0 Å². The first kappa shape index (κ1) is 12.1. The van der Waals surface area contributed by atoms with E-state index < -0.39 is 0 Å². The largest absolute Gasteiger partial charge is 0.380 e. The molecule has 0 bridgehead atoms. The van der Waals surface area contributed by atoms with Crippen molar-refractivity contribution in [2.24, 2.45) is 0 Å². The Bertz CT molecular complexity index is 336. The molecule has 1 aromatic carbocycles. The minimum absolute atomic E-state index is 0.491. The van der Waals surface area contributed by atoms with Crippen molar-refractivity contribution in [2.75, 3.05) is 13.2 Å². The van der Waals surface area contributed by atoms with Gasteiger partial charge in [-0.2, -0.15) is 0 Å². The normalized spacial score (nSPS) is 22.2. The lowest BCUT2D eigenvalue weighted by atomic mass is 10.1. The van der Waals surface area contributed by atoms with Gasteiger partial charge in [0, 0.05) is 23.2 Å². The fourth-order valence-corrected chi connectivity index (χ4v) is 2.57. The Morgan fingerprint density at radius 1 is 1.50 bits per heavy atom. The van der Waals surface area contributed by atoms with Crippen molar-refractivity contribution in [3.8, 4) is 0 Å². The number of ether oxygens (including phenoxy) is 1. The van der Waals surface area contributed by atoms with Crippen molar-refractivity contribution in [3.63, 3.8) is 0 Å². The van der Waals surface area contributed by atoms with E-state index >= 15 is 0 Å². The fourth-order valence-electron chi connectivity index (χ4n) is 2.12. The van der Waals surface area contributed by atoms with Gasteiger partial charge in [-0.25, -0.2) is 0 Å². The highest BCUT2D eigenvalue weighted by molar-refractivity contribution is 9.10. The second kappa shape index (κ2) is 5.80. The maximum absolute atomic E-state index is 5.36. The molecular formula is C13H18BrNO. The Kier molecular flexibility index (Phi) is 4.38. The molecule has 2 rings (SSSR count). The van der Waals surface area contributed by atoms with Gasteiger partial charge in [0.25, 0.3) is 0 Å². The highest BCUT2D eigenvalue weighted by Crippen LogP contribution is 2.17. The number of hydrogen-bond acceptors (Lipinski definition) is 2. The minimum Gasteiger partial charge on any atom is -0.380 e. The number of nitrogens with one attached hydrogen (secondary N) is 1. The standard InChI is InChI=1S/C13H18BrNO/c1-10(15-12-6-7-16-9-12)8-11-4-2-3-5-13(11)14/h2-5,10,12,15H,6-9H2,1H3/t10-,12+/m0/s1. The molecule has 0 amide bonds. The maximum Gasteiger partial charge on any atom is 0.0620 e. The molecule has 88 valence electrons. The Morgan fingerprint density at radius 3 is 3.00 bits per heavy atom. The lowest BCUT2D eigenvalue weighted by molar-refractivity contribution is 0.188. The van der Waals surface area contributed by atoms with Crippen molar-refractivity contribution in [2.45, 2.75) is 31.8 Å². The molecule has 1 saturated heterocycles. The zero-order valence-corrected chi connectivity index (χ0v) is 11.2. The van der Waals surface area contributed by atoms with Gasteiger partial charge < -0.3 is 10.1 Å². The smallest absolute Gasteiger partial charge is 0.0620 e. The molecule has 2 atom stereocenters. The van der Waals surface area contributed by atoms with E-state index in [4.69, 9.17) is 4.74 Å². The average Bonchev–Trinajstić information content (AvgIpc) is 2.74. The minimum atomic E-state index is 0.491. The van der Waals surface area contributed by atoms with E-state index in [1.807, 2.05) is 0 Å². The number of rotatable bonds is 4. The van der Waals surface area contributed by atoms with Crippen LogP contribution in [0.3, 0.4) is 0 Å². The molecule has 0 unspecified atom stereocenters. The molecule has 0 aromatic heterocycles. The van der Waals surface area contributed by atoms with E-state index in [0.717, 1.165) is 26.1 Å². The van der Waals surface area contributed by atoms with Crippen LogP contribution >= 0.6 is 15.9 Å². The van der Waals surface area contributed by atoms with Crippen LogP contribution in [-0.4, -0.2) is 25.3 Å². The summed E-state index contributed by atoms with van der Waals surface area (Å²) < 4.78 is 6.56. The number of hydrogen-bond donors (Lipinski definition) is 1. The van der Waals surface area contributed by atoms with Crippen LogP contribution in [-0.2, 0) is 11.2 Å². The topological polar surface area (TPSA) is 21.3 Å². The van der Waals surface area contributed by atoms with Crippen molar-refractivity contribution >= 4 is 15.9 Å². The Balaban J connectivity index is 1.86. The van der Waals surface area contributed by atoms with Crippen molar-refractivity contribution < 1.29 is 4.74 Å². The van der Waals surface area contributed by atoms with Gasteiger partial charge in [-0.05, 0) is 31.4 Å². The van der Waals surface area contributed by atoms with Gasteiger partial charge in [0.05, 0.1) is 6.61 Å². The van der Waals surface area contributed by atoms with Crippen molar-refractivity contribution in [1.29, 1.82) is 0 Å². The third-order valence-corrected chi connectivity index (χ3v) is 3.71. The third kappa shape index (κ3) is 3.30. The molecule has 0 saturated carbocycles. The summed E-state index contributed by atoms with van der Waals surface area (Å²) in [5, 5.41) is 3.61. The van der Waals surface area contributed by atoms with Crippen LogP contribution in [0.2, 0.25) is 0 Å². The summed E-state index contributed by atoms with van der Waals surface area (Å²) in [5.74, 6) is 0. The maximum atomic E-state index is 5.36. The molecule has 16 heavy (non-hydrogen) atoms. The molecule has 1 N–H and O–H groups in total. The van der Waals surface area contributed by atoms with Crippen LogP contribution in [0.1, 0.15) is 18.9 Å². The van der Waals surface area contributed by atoms with Gasteiger partial charge in [0.2, 0.25) is 0 Å². The number of halogens is 1. The van der Waals surface area contributed by atoms with E-state index in [9.17, 15) is 0 Å². The van der Waals surface area contributed by atoms with E-state index in [0.29, 0.717) is 12.1 Å². The predicted molar refractivity (Wildman–Crippen MR) is 69.7 cm³/mol. The second-order valence-corrected chi connectivity index (χ2v) is 5.28. The number of benzene rings is 1. The molecule has 0 radical (unpaired) electrons. The van der Waals surface area contributed by atoms with E-state index in [2.05, 4.69) is 52.4 Å². The Hall–Kier alpha value is -0.380. The van der Waals surface area contributed by atoms with Crippen molar-refractivity contribution in [3.05, 3.63) is 34.3 Å². The lowest BCUT2D eigenvalue weighted by Gasteiger charge is -2.18. The van der Waals surface area contributed by atoms with E-state index in [1.54, 1.807) is 0 Å². The van der Waals surface area contributed by atoms with Gasteiger partial charge in [0.1, 0.15) is 0 Å². The first-order valence-electron chi connectivity index (χ1n) is 5.83. The Morgan fingerprint density at radius 2 is 2.31 bits per heavy atom. The van der Waals surface area contributed by atoms with E-state index in [-0.39, 0.29) is 0 Å². The van der Waals surface area contributed by atoms with Crippen LogP contribution in [0, 0.1) is 0 Å². The van der Waals surface area contributed by atoms with E-state index in [1.165, 1.54) is 10.0 Å². The molecule has 1 heterocycles. The summed E-state index contributed by atoms with van der Waals surface area (Å²) in [6.07, 6.45) is 2.19. The quantitative estimate of drug-likeness (QED) is 0.918. The Labute approximate surface area is 106 Å². The molecule has 1 aromatic rings. The molecule has 1 fully saturated rings. The van der Waals surface area contributed by atoms with Crippen LogP contribution in [0.4, 0.5) is 0 Å². The van der Waals surface area contributed by atoms with Gasteiger partial charge >= 0.3 is 0 Å². The highest BCUT2D eigenvalue weighted by Gasteiger charge is 2.17. The molecule has 2 nitrogen and oxygen atoms in total. The van der Waals surface area contributed by atoms with Gasteiger partial charge in [-0.3, -0.25) is 0 Å². The second-order valence-electron chi connectivity index (χ2n) is 4.42. The van der Waals surface area contributed by atoms with Crippen molar-refractivity contribution in [1.82, 2.24) is 5.32 Å². The van der Waals surface area contributed by atoms with Gasteiger partial charge in [-0.1, -0.05) is 34.1 Å². The SMILES string of the molecule is C[C@@H](Cc1ccccc1Br)N[C@@H]1CCOC1. The fraction of sp³-hybridized carbons (Fsp3) is 0.538. The van der Waals surface area contributed by atoms with Crippen LogP contribution in [0.25, 0.3) is 0 Å². The molecule has 0 spiro atoms. The van der Waals surface area contributed by atoms with Crippen LogP contribution < -0.4 is 5.32 Å². The van der Waals surface area contributed by atoms with Crippen LogP contribution in [0.5, 0.6) is 0 Å². The third-order valence-electron chi connectivity index (χ3n) is 2.93. The average molecular weight is 284 g/mol. The predicted octanol–water partition coefficient (Wildman–Crippen LogP) is 2.76. The summed E-state index contributed by atoms with van der Waals surface area (Å²) in [6, 6.07) is 9.44. The molecule has 1 aliphatic rings. The molecule has 1 aliphatic heterocycles. The molecule has 0 aliphatic carbocycles. The summed E-state index contributed by atoms with van der Waals surface area (Å²) in [5.41, 5.74) is 1.36. The monoisotopic (exact) mass is 283 g/mol. The summed E-state index contributed by atoms with van der Waals surface area (Å²) in [7, 11) is 0. The molecular weight excluding hydrogens is 266 g/mol. The summed E-state index contributed by atoms with van der Waals surface area (Å²) >= 11 is 3.59. The zero-order valence-electron chi connectivity index (χ0n) is 9.58. The zero-order chi connectivity index (χ0) is 11.4. The molecule has 3 heteroatoms. The summed E-state index contributed by atoms with van der Waals surface area (Å²) in [6.45, 7) is 4.00. The first-order chi connectivity index (χ1) is 7.75.